The van der Waals surface area contributed by atoms with E-state index in [1.165, 1.54) is 0 Å². The van der Waals surface area contributed by atoms with Crippen molar-refractivity contribution in [3.05, 3.63) is 51.9 Å². The van der Waals surface area contributed by atoms with Gasteiger partial charge in [-0.05, 0) is 31.5 Å². The Morgan fingerprint density at radius 2 is 1.73 bits per heavy atom. The van der Waals surface area contributed by atoms with Gasteiger partial charge in [0.05, 0.1) is 16.6 Å². The van der Waals surface area contributed by atoms with Crippen LogP contribution in [0, 0.1) is 13.8 Å². The van der Waals surface area contributed by atoms with Crippen molar-refractivity contribution in [1.82, 2.24) is 9.61 Å². The topological polar surface area (TPSA) is 37.6 Å². The molecule has 0 spiro atoms. The van der Waals surface area contributed by atoms with E-state index in [1.54, 1.807) is 4.52 Å². The van der Waals surface area contributed by atoms with Crippen molar-refractivity contribution in [1.29, 1.82) is 0 Å². The molecule has 0 bridgehead atoms. The Labute approximate surface area is 127 Å². The van der Waals surface area contributed by atoms with Gasteiger partial charge in [0.25, 0.3) is 5.56 Å². The van der Waals surface area contributed by atoms with Gasteiger partial charge >= 0.3 is 0 Å². The molecule has 0 aliphatic carbocycles. The molecule has 0 aliphatic heterocycles. The highest BCUT2D eigenvalue weighted by Crippen LogP contribution is 2.35. The molecule has 0 aliphatic rings. The summed E-state index contributed by atoms with van der Waals surface area (Å²) in [5, 5.41) is 8.40. The van der Waals surface area contributed by atoms with Crippen molar-refractivity contribution in [2.45, 2.75) is 13.8 Å². The van der Waals surface area contributed by atoms with Crippen LogP contribution >= 0.6 is 0 Å². The predicted molar refractivity (Wildman–Crippen MR) is 91.5 cm³/mol. The molecule has 0 radical (unpaired) electrons. The van der Waals surface area contributed by atoms with Gasteiger partial charge in [-0.1, -0.05) is 18.2 Å². The van der Waals surface area contributed by atoms with Crippen LogP contribution < -0.4 is 10.5 Å². The first-order chi connectivity index (χ1) is 10.5. The summed E-state index contributed by atoms with van der Waals surface area (Å²) in [6.07, 6.45) is 0. The van der Waals surface area contributed by atoms with Gasteiger partial charge in [-0.3, -0.25) is 4.79 Å². The molecule has 4 nitrogen and oxygen atoms in total. The molecule has 22 heavy (non-hydrogen) atoms. The van der Waals surface area contributed by atoms with Crippen molar-refractivity contribution in [3.63, 3.8) is 0 Å². The zero-order valence-electron chi connectivity index (χ0n) is 13.1. The van der Waals surface area contributed by atoms with Crippen LogP contribution in [0.2, 0.25) is 0 Å². The van der Waals surface area contributed by atoms with Gasteiger partial charge in [0.1, 0.15) is 0 Å². The van der Waals surface area contributed by atoms with E-state index < -0.39 is 0 Å². The zero-order chi connectivity index (χ0) is 15.6. The first kappa shape index (κ1) is 13.1. The molecule has 0 amide bonds. The summed E-state index contributed by atoms with van der Waals surface area (Å²) < 4.78 is 1.55. The average Bonchev–Trinajstić information content (AvgIpc) is 2.80. The molecule has 0 N–H and O–H groups in total. The molecule has 4 aromatic rings. The Kier molecular flexibility index (Phi) is 2.49. The number of nitrogens with zero attached hydrogens (tertiary/aromatic N) is 3. The first-order valence-corrected chi connectivity index (χ1v) is 7.35. The van der Waals surface area contributed by atoms with E-state index in [-0.39, 0.29) is 5.56 Å². The van der Waals surface area contributed by atoms with E-state index in [2.05, 4.69) is 28.2 Å². The molecular formula is C18H17N3O. The Hall–Kier alpha value is -2.62. The van der Waals surface area contributed by atoms with Crippen LogP contribution in [-0.4, -0.2) is 23.7 Å². The van der Waals surface area contributed by atoms with Gasteiger partial charge in [0.15, 0.2) is 0 Å². The lowest BCUT2D eigenvalue weighted by Crippen LogP contribution is -2.15. The highest BCUT2D eigenvalue weighted by molar-refractivity contribution is 6.18. The van der Waals surface area contributed by atoms with Crippen molar-refractivity contribution in [3.8, 4) is 0 Å². The monoisotopic (exact) mass is 291 g/mol. The lowest BCUT2D eigenvalue weighted by molar-refractivity contribution is 0.910. The highest BCUT2D eigenvalue weighted by Gasteiger charge is 2.17. The summed E-state index contributed by atoms with van der Waals surface area (Å²) in [5.41, 5.74) is 3.98. The quantitative estimate of drug-likeness (QED) is 0.541. The van der Waals surface area contributed by atoms with Crippen molar-refractivity contribution < 1.29 is 0 Å². The largest absolute Gasteiger partial charge is 0.377 e. The summed E-state index contributed by atoms with van der Waals surface area (Å²) in [4.78, 5) is 14.9. The Bertz CT molecular complexity index is 1090. The SMILES string of the molecule is Cc1nn2c(=O)c3cccc4c(N(C)C)ccc(c43)c2c1C. The van der Waals surface area contributed by atoms with Gasteiger partial charge in [-0.2, -0.15) is 9.61 Å². The Morgan fingerprint density at radius 3 is 2.45 bits per heavy atom. The van der Waals surface area contributed by atoms with Crippen molar-refractivity contribution in [2.24, 2.45) is 0 Å². The van der Waals surface area contributed by atoms with Crippen LogP contribution in [0.1, 0.15) is 11.3 Å². The van der Waals surface area contributed by atoms with Crippen LogP contribution in [0.15, 0.2) is 35.1 Å². The van der Waals surface area contributed by atoms with Gasteiger partial charge in [0, 0.05) is 35.9 Å². The molecule has 0 saturated heterocycles. The lowest BCUT2D eigenvalue weighted by atomic mass is 9.98. The van der Waals surface area contributed by atoms with Crippen molar-refractivity contribution in [2.75, 3.05) is 19.0 Å². The molecule has 0 saturated carbocycles. The van der Waals surface area contributed by atoms with Crippen molar-refractivity contribution >= 4 is 32.7 Å². The Morgan fingerprint density at radius 1 is 1.00 bits per heavy atom. The molecule has 2 heterocycles. The molecule has 2 aromatic carbocycles. The third kappa shape index (κ3) is 1.47. The summed E-state index contributed by atoms with van der Waals surface area (Å²) in [7, 11) is 4.04. The summed E-state index contributed by atoms with van der Waals surface area (Å²) >= 11 is 0. The van der Waals surface area contributed by atoms with Crippen LogP contribution in [0.4, 0.5) is 5.69 Å². The van der Waals surface area contributed by atoms with Gasteiger partial charge < -0.3 is 4.90 Å². The minimum absolute atomic E-state index is 0.0415. The molecule has 4 rings (SSSR count). The minimum Gasteiger partial charge on any atom is -0.377 e. The number of rotatable bonds is 1. The highest BCUT2D eigenvalue weighted by atomic mass is 16.1. The second-order valence-electron chi connectivity index (χ2n) is 6.03. The number of pyridine rings is 1. The maximum atomic E-state index is 12.8. The molecular weight excluding hydrogens is 274 g/mol. The van der Waals surface area contributed by atoms with Crippen LogP contribution in [0.5, 0.6) is 0 Å². The number of benzene rings is 2. The van der Waals surface area contributed by atoms with Crippen LogP contribution in [0.25, 0.3) is 27.1 Å². The second-order valence-corrected chi connectivity index (χ2v) is 6.03. The van der Waals surface area contributed by atoms with Gasteiger partial charge in [-0.15, -0.1) is 0 Å². The van der Waals surface area contributed by atoms with Crippen LogP contribution in [-0.2, 0) is 0 Å². The van der Waals surface area contributed by atoms with E-state index in [4.69, 9.17) is 0 Å². The fourth-order valence-corrected chi connectivity index (χ4v) is 3.34. The standard InChI is InChI=1S/C18H17N3O/c1-10-11(2)19-21-17(10)13-8-9-15(20(3)4)12-6-5-7-14(16(12)13)18(21)22/h5-9H,1-4H3. The minimum atomic E-state index is -0.0415. The number of hydrogen-bond acceptors (Lipinski definition) is 3. The van der Waals surface area contributed by atoms with E-state index in [9.17, 15) is 4.79 Å². The number of anilines is 1. The smallest absolute Gasteiger partial charge is 0.279 e. The summed E-state index contributed by atoms with van der Waals surface area (Å²) in [6.45, 7) is 3.98. The number of fused-ring (bicyclic) bond motifs is 2. The third-order valence-corrected chi connectivity index (χ3v) is 4.54. The van der Waals surface area contributed by atoms with E-state index >= 15 is 0 Å². The number of aryl methyl sites for hydroxylation is 2. The predicted octanol–water partition coefficient (Wildman–Crippen LogP) is 3.12. The fraction of sp³-hybridized carbons (Fsp3) is 0.222. The summed E-state index contributed by atoms with van der Waals surface area (Å²) in [5.74, 6) is 0. The lowest BCUT2D eigenvalue weighted by Gasteiger charge is -2.17. The maximum absolute atomic E-state index is 12.8. The molecule has 4 heteroatoms. The fourth-order valence-electron chi connectivity index (χ4n) is 3.34. The molecule has 0 fully saturated rings. The first-order valence-electron chi connectivity index (χ1n) is 7.35. The number of hydrogen-bond donors (Lipinski definition) is 0. The second kappa shape index (κ2) is 4.19. The van der Waals surface area contributed by atoms with E-state index in [1.807, 2.05) is 40.1 Å². The molecule has 0 unspecified atom stereocenters. The maximum Gasteiger partial charge on any atom is 0.279 e. The molecule has 2 aromatic heterocycles. The molecule has 0 atom stereocenters. The van der Waals surface area contributed by atoms with Gasteiger partial charge in [-0.25, -0.2) is 0 Å². The number of aromatic nitrogens is 2. The average molecular weight is 291 g/mol. The van der Waals surface area contributed by atoms with Gasteiger partial charge in [0.2, 0.25) is 0 Å². The van der Waals surface area contributed by atoms with E-state index in [0.29, 0.717) is 0 Å². The van der Waals surface area contributed by atoms with Crippen LogP contribution in [0.3, 0.4) is 0 Å². The normalized spacial score (nSPS) is 11.8. The Balaban J connectivity index is 2.40. The van der Waals surface area contributed by atoms with E-state index in [0.717, 1.165) is 44.0 Å². The molecule has 110 valence electrons. The summed E-state index contributed by atoms with van der Waals surface area (Å²) in [6, 6.07) is 10.1. The zero-order valence-corrected chi connectivity index (χ0v) is 13.1. The third-order valence-electron chi connectivity index (χ3n) is 4.54.